The molecule has 0 N–H and O–H groups in total. The van der Waals surface area contributed by atoms with Crippen LogP contribution in [0.15, 0.2) is 127 Å². The molecule has 0 aliphatic heterocycles. The molecule has 1 saturated carbocycles. The van der Waals surface area contributed by atoms with E-state index >= 15 is 0 Å². The van der Waals surface area contributed by atoms with Crippen LogP contribution in [-0.4, -0.2) is 9.97 Å². The molecule has 6 aromatic rings. The third kappa shape index (κ3) is 3.15. The molecule has 42 heavy (non-hydrogen) atoms. The molecular formula is C40H32N2. The van der Waals surface area contributed by atoms with Crippen LogP contribution in [-0.2, 0) is 10.8 Å². The van der Waals surface area contributed by atoms with Gasteiger partial charge < -0.3 is 0 Å². The fourth-order valence-corrected chi connectivity index (χ4v) is 8.84. The Morgan fingerprint density at radius 3 is 1.74 bits per heavy atom. The van der Waals surface area contributed by atoms with Crippen molar-refractivity contribution >= 4 is 10.9 Å². The Morgan fingerprint density at radius 1 is 0.500 bits per heavy atom. The molecule has 0 amide bonds. The first-order valence-electron chi connectivity index (χ1n) is 15.4. The van der Waals surface area contributed by atoms with Gasteiger partial charge in [0.2, 0.25) is 0 Å². The average Bonchev–Trinajstić information content (AvgIpc) is 3.79. The largest absolute Gasteiger partial charge is 0.232 e. The molecule has 2 nitrogen and oxygen atoms in total. The van der Waals surface area contributed by atoms with Crippen LogP contribution in [0.25, 0.3) is 33.3 Å². The van der Waals surface area contributed by atoms with Gasteiger partial charge in [-0.25, -0.2) is 9.97 Å². The summed E-state index contributed by atoms with van der Waals surface area (Å²) in [5, 5.41) is 1.10. The SMILES string of the molecule is c1ccc(-c2ccc(-c3nc(C45CC(C6CCCC6)(c6ccccc64)c4ccccc45)nc4ccccc34)cc2)cc1. The maximum atomic E-state index is 5.57. The summed E-state index contributed by atoms with van der Waals surface area (Å²) >= 11 is 0. The highest BCUT2D eigenvalue weighted by atomic mass is 14.9. The molecule has 202 valence electrons. The molecule has 0 radical (unpaired) electrons. The molecule has 1 heterocycles. The Kier molecular flexibility index (Phi) is 5.14. The van der Waals surface area contributed by atoms with Gasteiger partial charge in [-0.1, -0.05) is 134 Å². The third-order valence-electron chi connectivity index (χ3n) is 10.6. The zero-order valence-electron chi connectivity index (χ0n) is 23.6. The number of benzene rings is 5. The van der Waals surface area contributed by atoms with Gasteiger partial charge in [0.25, 0.3) is 0 Å². The Morgan fingerprint density at radius 2 is 1.05 bits per heavy atom. The van der Waals surface area contributed by atoms with Gasteiger partial charge in [0.15, 0.2) is 0 Å². The van der Waals surface area contributed by atoms with E-state index in [0.717, 1.165) is 34.4 Å². The fourth-order valence-electron chi connectivity index (χ4n) is 8.84. The molecule has 0 spiro atoms. The van der Waals surface area contributed by atoms with Crippen molar-refractivity contribution in [3.8, 4) is 22.4 Å². The van der Waals surface area contributed by atoms with Crippen molar-refractivity contribution in [3.63, 3.8) is 0 Å². The van der Waals surface area contributed by atoms with Gasteiger partial charge in [0, 0.05) is 16.4 Å². The zero-order valence-corrected chi connectivity index (χ0v) is 23.6. The Hall–Kier alpha value is -4.56. The first kappa shape index (κ1) is 24.1. The van der Waals surface area contributed by atoms with E-state index in [0.29, 0.717) is 5.92 Å². The highest BCUT2D eigenvalue weighted by Gasteiger charge is 2.65. The van der Waals surface area contributed by atoms with E-state index in [2.05, 4.69) is 127 Å². The molecule has 3 aliphatic carbocycles. The van der Waals surface area contributed by atoms with Gasteiger partial charge in [0.05, 0.1) is 16.6 Å². The fraction of sp³-hybridized carbons (Fsp3) is 0.200. The van der Waals surface area contributed by atoms with Gasteiger partial charge in [-0.2, -0.15) is 0 Å². The lowest BCUT2D eigenvalue weighted by atomic mass is 9.66. The highest BCUT2D eigenvalue weighted by Crippen LogP contribution is 2.69. The van der Waals surface area contributed by atoms with Gasteiger partial charge in [-0.15, -0.1) is 0 Å². The molecule has 2 bridgehead atoms. The second-order valence-electron chi connectivity index (χ2n) is 12.5. The second-order valence-corrected chi connectivity index (χ2v) is 12.5. The number of fused-ring (bicyclic) bond motifs is 9. The van der Waals surface area contributed by atoms with Crippen molar-refractivity contribution in [2.24, 2.45) is 5.92 Å². The maximum Gasteiger partial charge on any atom is 0.144 e. The van der Waals surface area contributed by atoms with Crippen LogP contribution in [0.5, 0.6) is 0 Å². The summed E-state index contributed by atoms with van der Waals surface area (Å²) < 4.78 is 0. The zero-order chi connectivity index (χ0) is 27.7. The Labute approximate surface area is 247 Å². The Balaban J connectivity index is 1.29. The van der Waals surface area contributed by atoms with Crippen molar-refractivity contribution in [1.29, 1.82) is 0 Å². The van der Waals surface area contributed by atoms with Gasteiger partial charge in [0.1, 0.15) is 5.82 Å². The molecule has 2 heteroatoms. The minimum absolute atomic E-state index is 0.0379. The summed E-state index contributed by atoms with van der Waals surface area (Å²) in [4.78, 5) is 11.0. The van der Waals surface area contributed by atoms with Gasteiger partial charge in [-0.3, -0.25) is 0 Å². The van der Waals surface area contributed by atoms with Crippen LogP contribution in [0, 0.1) is 5.92 Å². The van der Waals surface area contributed by atoms with Gasteiger partial charge in [-0.05, 0) is 64.6 Å². The Bertz CT molecular complexity index is 1920. The highest BCUT2D eigenvalue weighted by molar-refractivity contribution is 5.93. The molecule has 5 aromatic carbocycles. The van der Waals surface area contributed by atoms with E-state index in [4.69, 9.17) is 9.97 Å². The summed E-state index contributed by atoms with van der Waals surface area (Å²) in [5.41, 5.74) is 11.1. The predicted molar refractivity (Wildman–Crippen MR) is 171 cm³/mol. The van der Waals surface area contributed by atoms with E-state index in [9.17, 15) is 0 Å². The predicted octanol–water partition coefficient (Wildman–Crippen LogP) is 9.49. The normalized spacial score (nSPS) is 22.4. The monoisotopic (exact) mass is 540 g/mol. The molecule has 1 aromatic heterocycles. The van der Waals surface area contributed by atoms with Crippen LogP contribution >= 0.6 is 0 Å². The molecule has 3 aliphatic rings. The first-order valence-corrected chi connectivity index (χ1v) is 15.4. The lowest BCUT2D eigenvalue weighted by Crippen LogP contribution is -2.32. The average molecular weight is 541 g/mol. The molecule has 9 rings (SSSR count). The van der Waals surface area contributed by atoms with E-state index in [1.54, 1.807) is 0 Å². The van der Waals surface area contributed by atoms with Gasteiger partial charge >= 0.3 is 0 Å². The summed E-state index contributed by atoms with van der Waals surface area (Å²) in [6.45, 7) is 0. The molecule has 0 atom stereocenters. The van der Waals surface area contributed by atoms with Crippen LogP contribution < -0.4 is 0 Å². The summed E-state index contributed by atoms with van der Waals surface area (Å²) in [7, 11) is 0. The van der Waals surface area contributed by atoms with E-state index in [1.807, 2.05) is 0 Å². The van der Waals surface area contributed by atoms with Crippen molar-refractivity contribution in [1.82, 2.24) is 9.97 Å². The lowest BCUT2D eigenvalue weighted by Gasteiger charge is -2.37. The second kappa shape index (κ2) is 8.97. The summed E-state index contributed by atoms with van der Waals surface area (Å²) in [6.07, 6.45) is 6.31. The number of para-hydroxylation sites is 1. The number of hydrogen-bond donors (Lipinski definition) is 0. The van der Waals surface area contributed by atoms with Crippen LogP contribution in [0.2, 0.25) is 0 Å². The molecule has 0 unspecified atom stereocenters. The smallest absolute Gasteiger partial charge is 0.144 e. The number of nitrogens with zero attached hydrogens (tertiary/aromatic N) is 2. The van der Waals surface area contributed by atoms with Crippen molar-refractivity contribution in [2.75, 3.05) is 0 Å². The molecular weight excluding hydrogens is 508 g/mol. The quantitative estimate of drug-likeness (QED) is 0.222. The summed E-state index contributed by atoms with van der Waals surface area (Å²) in [6, 6.07) is 46.5. The van der Waals surface area contributed by atoms with Crippen LogP contribution in [0.3, 0.4) is 0 Å². The maximum absolute atomic E-state index is 5.57. The molecule has 1 fully saturated rings. The van der Waals surface area contributed by atoms with Crippen LogP contribution in [0.4, 0.5) is 0 Å². The number of rotatable bonds is 4. The van der Waals surface area contributed by atoms with Crippen molar-refractivity contribution in [2.45, 2.75) is 42.9 Å². The van der Waals surface area contributed by atoms with Crippen LogP contribution in [0.1, 0.15) is 60.2 Å². The van der Waals surface area contributed by atoms with E-state index in [-0.39, 0.29) is 10.8 Å². The minimum atomic E-state index is -0.349. The van der Waals surface area contributed by atoms with Crippen molar-refractivity contribution in [3.05, 3.63) is 155 Å². The molecule has 0 saturated heterocycles. The number of aromatic nitrogens is 2. The standard InChI is InChI=1S/C40H32N2/c1-2-12-27(13-3-1)28-22-24-29(25-23-28)37-31-16-6-11-21-36(31)41-38(42-37)40-26-39(30-14-4-5-15-30,32-17-7-9-19-34(32)40)33-18-8-10-20-35(33)40/h1-3,6-13,16-25,30H,4-5,14-15,26H2. The van der Waals surface area contributed by atoms with E-state index in [1.165, 1.54) is 59.1 Å². The first-order chi connectivity index (χ1) is 20.8. The van der Waals surface area contributed by atoms with Crippen molar-refractivity contribution < 1.29 is 0 Å². The van der Waals surface area contributed by atoms with E-state index < -0.39 is 0 Å². The topological polar surface area (TPSA) is 25.8 Å². The lowest BCUT2D eigenvalue weighted by molar-refractivity contribution is 0.323. The minimum Gasteiger partial charge on any atom is -0.232 e. The number of hydrogen-bond acceptors (Lipinski definition) is 2. The summed E-state index contributed by atoms with van der Waals surface area (Å²) in [5.74, 6) is 1.61. The third-order valence-corrected chi connectivity index (χ3v) is 10.6.